The Hall–Kier alpha value is -3.88. The van der Waals surface area contributed by atoms with E-state index < -0.39 is 40.9 Å². The van der Waals surface area contributed by atoms with E-state index in [0.29, 0.717) is 45.6 Å². The number of anilines is 2. The van der Waals surface area contributed by atoms with Gasteiger partial charge in [-0.2, -0.15) is 31.1 Å². The minimum absolute atomic E-state index is 0.00260. The second-order valence-corrected chi connectivity index (χ2v) is 12.4. The van der Waals surface area contributed by atoms with Gasteiger partial charge in [-0.25, -0.2) is 0 Å². The van der Waals surface area contributed by atoms with Crippen LogP contribution in [0.4, 0.5) is 38.0 Å². The zero-order valence-corrected chi connectivity index (χ0v) is 25.0. The van der Waals surface area contributed by atoms with E-state index in [0.717, 1.165) is 34.5 Å². The number of carboxylic acid groups (broad SMARTS) is 1. The summed E-state index contributed by atoms with van der Waals surface area (Å²) in [4.78, 5) is 16.4. The van der Waals surface area contributed by atoms with Gasteiger partial charge in [0, 0.05) is 25.3 Å². The van der Waals surface area contributed by atoms with Gasteiger partial charge < -0.3 is 19.6 Å². The average Bonchev–Trinajstić information content (AvgIpc) is 3.53. The summed E-state index contributed by atoms with van der Waals surface area (Å²) in [5.74, 6) is -0.825. The molecule has 1 N–H and O–H groups in total. The van der Waals surface area contributed by atoms with Crippen molar-refractivity contribution in [1.82, 2.24) is 20.2 Å². The highest BCUT2D eigenvalue weighted by Gasteiger charge is 2.38. The van der Waals surface area contributed by atoms with E-state index in [1.54, 1.807) is 4.90 Å². The number of nitrogens with zero attached hydrogens (tertiary/aromatic N) is 6. The SMILES string of the molecule is Cn1nnc(N(Cc2cc(C(F)(F)F)cc(C(F)(F)F)c2)C2CCCN(CCC(C)(C)CC(=O)O)c3cc4c(cc32)COC4)n1. The molecule has 0 spiro atoms. The molecule has 5 rings (SSSR count). The molecule has 0 radical (unpaired) electrons. The number of aromatic nitrogens is 4. The number of hydrogen-bond donors (Lipinski definition) is 1. The fraction of sp³-hybridized carbons (Fsp3) is 0.533. The molecule has 1 aromatic heterocycles. The van der Waals surface area contributed by atoms with Crippen molar-refractivity contribution in [3.8, 4) is 0 Å². The number of rotatable bonds is 9. The second kappa shape index (κ2) is 12.1. The van der Waals surface area contributed by atoms with Crippen molar-refractivity contribution in [2.24, 2.45) is 12.5 Å². The van der Waals surface area contributed by atoms with Gasteiger partial charge in [-0.05, 0) is 82.5 Å². The van der Waals surface area contributed by atoms with Gasteiger partial charge in [0.15, 0.2) is 0 Å². The topological polar surface area (TPSA) is 96.6 Å². The van der Waals surface area contributed by atoms with Crippen LogP contribution in [0.2, 0.25) is 0 Å². The quantitative estimate of drug-likeness (QED) is 0.264. The van der Waals surface area contributed by atoms with E-state index in [1.165, 1.54) is 11.8 Å². The summed E-state index contributed by atoms with van der Waals surface area (Å²) >= 11 is 0. The summed E-state index contributed by atoms with van der Waals surface area (Å²) in [6, 6.07) is 5.04. The maximum Gasteiger partial charge on any atom is 0.416 e. The van der Waals surface area contributed by atoms with Crippen LogP contribution in [0.1, 0.15) is 79.0 Å². The van der Waals surface area contributed by atoms with Crippen molar-refractivity contribution < 1.29 is 41.0 Å². The molecule has 1 atom stereocenters. The summed E-state index contributed by atoms with van der Waals surface area (Å²) in [5.41, 5.74) is 0.111. The first-order valence-corrected chi connectivity index (χ1v) is 14.5. The molecule has 45 heavy (non-hydrogen) atoms. The Kier molecular flexibility index (Phi) is 8.77. The third-order valence-corrected chi connectivity index (χ3v) is 8.29. The molecule has 0 aliphatic carbocycles. The minimum Gasteiger partial charge on any atom is -0.481 e. The van der Waals surface area contributed by atoms with Crippen LogP contribution in [0.3, 0.4) is 0 Å². The van der Waals surface area contributed by atoms with Gasteiger partial charge in [-0.15, -0.1) is 5.10 Å². The summed E-state index contributed by atoms with van der Waals surface area (Å²) in [6.45, 7) is 5.37. The number of halogens is 6. The highest BCUT2D eigenvalue weighted by Crippen LogP contribution is 2.43. The summed E-state index contributed by atoms with van der Waals surface area (Å²) in [7, 11) is 1.52. The van der Waals surface area contributed by atoms with Crippen LogP contribution in [0.5, 0.6) is 0 Å². The van der Waals surface area contributed by atoms with Crippen LogP contribution >= 0.6 is 0 Å². The van der Waals surface area contributed by atoms with E-state index in [1.807, 2.05) is 26.0 Å². The molecular weight excluding hydrogens is 606 g/mol. The standard InChI is InChI=1S/C30H34F6N6O3/c1-28(2,14-26(43)44)6-8-41-7-4-5-24(23-11-19-16-45-17-20(19)12-25(23)41)42(27-37-39-40(3)38-27)15-18-9-21(29(31,32)33)13-22(10-18)30(34,35)36/h9-13,24H,4-8,14-17H2,1-3H3,(H,43,44). The highest BCUT2D eigenvalue weighted by molar-refractivity contribution is 5.67. The number of carboxylic acids is 1. The molecule has 2 aromatic carbocycles. The summed E-state index contributed by atoms with van der Waals surface area (Å²) in [6.07, 6.45) is -8.28. The smallest absolute Gasteiger partial charge is 0.416 e. The van der Waals surface area contributed by atoms with Crippen molar-refractivity contribution in [2.75, 3.05) is 22.9 Å². The lowest BCUT2D eigenvalue weighted by Crippen LogP contribution is -2.31. The average molecular weight is 641 g/mol. The van der Waals surface area contributed by atoms with Crippen molar-refractivity contribution in [3.63, 3.8) is 0 Å². The first-order valence-electron chi connectivity index (χ1n) is 14.5. The number of aliphatic carboxylic acids is 1. The Morgan fingerprint density at radius 2 is 1.67 bits per heavy atom. The lowest BCUT2D eigenvalue weighted by atomic mass is 9.85. The van der Waals surface area contributed by atoms with Gasteiger partial charge in [0.1, 0.15) is 0 Å². The number of benzene rings is 2. The van der Waals surface area contributed by atoms with Gasteiger partial charge in [0.25, 0.3) is 5.95 Å². The monoisotopic (exact) mass is 640 g/mol. The molecule has 244 valence electrons. The Labute approximate surface area is 255 Å². The molecule has 3 heterocycles. The number of hydrogen-bond acceptors (Lipinski definition) is 7. The number of tetrazole rings is 1. The van der Waals surface area contributed by atoms with Gasteiger partial charge in [-0.1, -0.05) is 18.9 Å². The molecule has 0 saturated carbocycles. The molecule has 3 aromatic rings. The third-order valence-electron chi connectivity index (χ3n) is 8.29. The summed E-state index contributed by atoms with van der Waals surface area (Å²) in [5, 5.41) is 21.7. The lowest BCUT2D eigenvalue weighted by molar-refractivity contribution is -0.143. The van der Waals surface area contributed by atoms with Crippen LogP contribution < -0.4 is 9.80 Å². The van der Waals surface area contributed by atoms with Crippen LogP contribution in [0, 0.1) is 5.41 Å². The molecular formula is C30H34F6N6O3. The van der Waals surface area contributed by atoms with E-state index >= 15 is 0 Å². The van der Waals surface area contributed by atoms with Crippen LogP contribution in [-0.2, 0) is 48.7 Å². The predicted molar refractivity (Wildman–Crippen MR) is 151 cm³/mol. The van der Waals surface area contributed by atoms with E-state index in [4.69, 9.17) is 4.74 Å². The minimum atomic E-state index is -4.99. The number of ether oxygens (including phenoxy) is 1. The molecule has 2 aliphatic heterocycles. The fourth-order valence-corrected chi connectivity index (χ4v) is 6.04. The van der Waals surface area contributed by atoms with Gasteiger partial charge in [-0.3, -0.25) is 4.79 Å². The first kappa shape index (κ1) is 32.5. The second-order valence-electron chi connectivity index (χ2n) is 12.4. The molecule has 0 saturated heterocycles. The number of fused-ring (bicyclic) bond motifs is 2. The number of alkyl halides is 6. The maximum atomic E-state index is 13.7. The molecule has 0 fully saturated rings. The van der Waals surface area contributed by atoms with E-state index in [9.17, 15) is 36.2 Å². The molecule has 2 aliphatic rings. The van der Waals surface area contributed by atoms with Crippen LogP contribution in [0.25, 0.3) is 0 Å². The summed E-state index contributed by atoms with van der Waals surface area (Å²) < 4.78 is 88.1. The highest BCUT2D eigenvalue weighted by atomic mass is 19.4. The molecule has 15 heteroatoms. The normalized spacial score (nSPS) is 17.2. The van der Waals surface area contributed by atoms with Gasteiger partial charge in [0.05, 0.1) is 43.9 Å². The molecule has 0 bridgehead atoms. The third kappa shape index (κ3) is 7.51. The van der Waals surface area contributed by atoms with Crippen molar-refractivity contribution in [3.05, 3.63) is 63.7 Å². The number of aryl methyl sites for hydroxylation is 1. The number of carbonyl (C=O) groups is 1. The lowest BCUT2D eigenvalue weighted by Gasteiger charge is -2.34. The predicted octanol–water partition coefficient (Wildman–Crippen LogP) is 6.52. The molecule has 0 amide bonds. The van der Waals surface area contributed by atoms with E-state index in [-0.39, 0.29) is 30.5 Å². The van der Waals surface area contributed by atoms with Crippen molar-refractivity contribution in [2.45, 2.75) is 77.7 Å². The molecule has 1 unspecified atom stereocenters. The van der Waals surface area contributed by atoms with Crippen molar-refractivity contribution in [1.29, 1.82) is 0 Å². The van der Waals surface area contributed by atoms with Gasteiger partial charge in [0.2, 0.25) is 0 Å². The fourth-order valence-electron chi connectivity index (χ4n) is 6.04. The Morgan fingerprint density at radius 1 is 1.02 bits per heavy atom. The van der Waals surface area contributed by atoms with Crippen LogP contribution in [0.15, 0.2) is 30.3 Å². The molecule has 9 nitrogen and oxygen atoms in total. The first-order chi connectivity index (χ1) is 21.0. The van der Waals surface area contributed by atoms with Crippen LogP contribution in [-0.4, -0.2) is 44.4 Å². The zero-order chi connectivity index (χ0) is 32.7. The zero-order valence-electron chi connectivity index (χ0n) is 25.0. The van der Waals surface area contributed by atoms with Crippen molar-refractivity contribution >= 4 is 17.6 Å². The Balaban J connectivity index is 1.58. The van der Waals surface area contributed by atoms with E-state index in [2.05, 4.69) is 20.3 Å². The largest absolute Gasteiger partial charge is 0.481 e. The Bertz CT molecular complexity index is 1520. The van der Waals surface area contributed by atoms with Gasteiger partial charge >= 0.3 is 18.3 Å². The maximum absolute atomic E-state index is 13.7. The Morgan fingerprint density at radius 3 is 2.24 bits per heavy atom.